The van der Waals surface area contributed by atoms with Crippen molar-refractivity contribution >= 4 is 0 Å². The van der Waals surface area contributed by atoms with Crippen LogP contribution >= 0.6 is 0 Å². The lowest BCUT2D eigenvalue weighted by atomic mass is 9.43. The van der Waals surface area contributed by atoms with E-state index in [-0.39, 0.29) is 29.0 Å². The third-order valence-corrected chi connectivity index (χ3v) is 8.64. The summed E-state index contributed by atoms with van der Waals surface area (Å²) in [6.07, 6.45) is 7.22. The van der Waals surface area contributed by atoms with Crippen molar-refractivity contribution in [1.29, 1.82) is 0 Å². The fourth-order valence-electron chi connectivity index (χ4n) is 7.17. The summed E-state index contributed by atoms with van der Waals surface area (Å²) in [6, 6.07) is 0. The second kappa shape index (κ2) is 4.69. The van der Waals surface area contributed by atoms with Crippen LogP contribution in [0.5, 0.6) is 0 Å². The summed E-state index contributed by atoms with van der Waals surface area (Å²) in [6.45, 7) is 4.32. The van der Waals surface area contributed by atoms with Gasteiger partial charge >= 0.3 is 0 Å². The molecule has 4 saturated carbocycles. The normalized spacial score (nSPS) is 61.2. The third-order valence-electron chi connectivity index (χ3n) is 8.64. The number of rotatable bonds is 0. The Bertz CT molecular complexity index is 468. The average Bonchev–Trinajstić information content (AvgIpc) is 2.76. The molecule has 3 unspecified atom stereocenters. The topological polar surface area (TPSA) is 40.5 Å². The van der Waals surface area contributed by atoms with Crippen LogP contribution < -0.4 is 0 Å². The fourth-order valence-corrected chi connectivity index (χ4v) is 7.17. The number of fused-ring (bicyclic) bond motifs is 5. The van der Waals surface area contributed by atoms with Gasteiger partial charge in [-0.2, -0.15) is 0 Å². The molecule has 0 aliphatic heterocycles. The summed E-state index contributed by atoms with van der Waals surface area (Å²) in [4.78, 5) is 0. The molecule has 126 valence electrons. The first kappa shape index (κ1) is 15.4. The van der Waals surface area contributed by atoms with Crippen molar-refractivity contribution in [1.82, 2.24) is 0 Å². The van der Waals surface area contributed by atoms with Gasteiger partial charge in [0.1, 0.15) is 5.67 Å². The highest BCUT2D eigenvalue weighted by atomic mass is 19.1. The summed E-state index contributed by atoms with van der Waals surface area (Å²) < 4.78 is 16.5. The maximum atomic E-state index is 16.5. The van der Waals surface area contributed by atoms with E-state index >= 15 is 4.39 Å². The Kier molecular flexibility index (Phi) is 3.28. The summed E-state index contributed by atoms with van der Waals surface area (Å²) in [5.74, 6) is 0.862. The highest BCUT2D eigenvalue weighted by molar-refractivity contribution is 5.17. The molecule has 0 bridgehead atoms. The molecular weight excluding hydrogens is 279 g/mol. The van der Waals surface area contributed by atoms with Gasteiger partial charge in [0.25, 0.3) is 0 Å². The van der Waals surface area contributed by atoms with E-state index in [4.69, 9.17) is 0 Å². The largest absolute Gasteiger partial charge is 0.393 e. The van der Waals surface area contributed by atoms with Crippen molar-refractivity contribution in [2.24, 2.45) is 28.6 Å². The molecule has 4 aliphatic carbocycles. The summed E-state index contributed by atoms with van der Waals surface area (Å²) in [7, 11) is 0. The fraction of sp³-hybridized carbons (Fsp3) is 1.00. The molecule has 0 aromatic rings. The first-order valence-corrected chi connectivity index (χ1v) is 9.36. The molecule has 22 heavy (non-hydrogen) atoms. The van der Waals surface area contributed by atoms with Crippen LogP contribution in [-0.2, 0) is 0 Å². The van der Waals surface area contributed by atoms with Crippen LogP contribution in [-0.4, -0.2) is 28.1 Å². The number of alkyl halides is 1. The van der Waals surface area contributed by atoms with E-state index in [9.17, 15) is 10.2 Å². The minimum Gasteiger partial charge on any atom is -0.393 e. The van der Waals surface area contributed by atoms with E-state index in [1.54, 1.807) is 0 Å². The predicted octanol–water partition coefficient (Wildman–Crippen LogP) is 3.84. The van der Waals surface area contributed by atoms with E-state index in [1.165, 1.54) is 0 Å². The summed E-state index contributed by atoms with van der Waals surface area (Å²) >= 11 is 0. The number of aliphatic hydroxyl groups excluding tert-OH is 2. The zero-order valence-corrected chi connectivity index (χ0v) is 14.0. The van der Waals surface area contributed by atoms with Gasteiger partial charge in [-0.25, -0.2) is 4.39 Å². The number of aliphatic hydroxyl groups is 2. The number of hydrogen-bond acceptors (Lipinski definition) is 2. The van der Waals surface area contributed by atoms with Crippen LogP contribution in [0.25, 0.3) is 0 Å². The molecule has 0 aromatic carbocycles. The minimum absolute atomic E-state index is 0.0727. The number of hydrogen-bond donors (Lipinski definition) is 2. The van der Waals surface area contributed by atoms with E-state index < -0.39 is 5.67 Å². The standard InChI is InChI=1S/C19H31FO2/c1-17-9-10-19(20)15(14(17)7-8-16(17)22)6-4-12-3-5-13(21)11-18(12,19)2/h12-16,21-22H,3-11H2,1-2H3/t12?,13?,14-,15-,16?,17-,18-,19-/m0/s1. The van der Waals surface area contributed by atoms with E-state index in [0.717, 1.165) is 44.9 Å². The average molecular weight is 310 g/mol. The molecule has 8 atom stereocenters. The Morgan fingerprint density at radius 1 is 0.864 bits per heavy atom. The van der Waals surface area contributed by atoms with Crippen LogP contribution in [0.4, 0.5) is 4.39 Å². The van der Waals surface area contributed by atoms with Gasteiger partial charge in [0.05, 0.1) is 12.2 Å². The van der Waals surface area contributed by atoms with Crippen molar-refractivity contribution in [2.45, 2.75) is 89.5 Å². The van der Waals surface area contributed by atoms with E-state index in [0.29, 0.717) is 24.7 Å². The first-order valence-electron chi connectivity index (χ1n) is 9.36. The van der Waals surface area contributed by atoms with Gasteiger partial charge in [0.15, 0.2) is 0 Å². The molecule has 2 nitrogen and oxygen atoms in total. The Labute approximate surface area is 133 Å². The second-order valence-corrected chi connectivity index (χ2v) is 9.30. The zero-order chi connectivity index (χ0) is 15.8. The second-order valence-electron chi connectivity index (χ2n) is 9.30. The quantitative estimate of drug-likeness (QED) is 0.713. The molecule has 0 heterocycles. The lowest BCUT2D eigenvalue weighted by Crippen LogP contribution is -2.64. The van der Waals surface area contributed by atoms with Crippen LogP contribution in [0.3, 0.4) is 0 Å². The van der Waals surface area contributed by atoms with E-state index in [1.807, 2.05) is 0 Å². The minimum atomic E-state index is -1.13. The maximum Gasteiger partial charge on any atom is 0.119 e. The molecule has 0 saturated heterocycles. The van der Waals surface area contributed by atoms with Gasteiger partial charge in [-0.05, 0) is 81.0 Å². The van der Waals surface area contributed by atoms with Gasteiger partial charge in [-0.3, -0.25) is 0 Å². The van der Waals surface area contributed by atoms with Gasteiger partial charge in [-0.15, -0.1) is 0 Å². The number of halogens is 1. The van der Waals surface area contributed by atoms with Crippen LogP contribution in [0.2, 0.25) is 0 Å². The molecule has 4 fully saturated rings. The lowest BCUT2D eigenvalue weighted by Gasteiger charge is -2.63. The van der Waals surface area contributed by atoms with Crippen molar-refractivity contribution < 1.29 is 14.6 Å². The summed E-state index contributed by atoms with van der Waals surface area (Å²) in [5.41, 5.74) is -1.56. The van der Waals surface area contributed by atoms with Crippen LogP contribution in [0.1, 0.15) is 71.6 Å². The molecule has 0 aromatic heterocycles. The SMILES string of the molecule is C[C@]12CC(O)CCC1CC[C@H]1[C@@H]3CCC(O)[C@@]3(C)CC[C@]12F. The van der Waals surface area contributed by atoms with Gasteiger partial charge < -0.3 is 10.2 Å². The summed E-state index contributed by atoms with van der Waals surface area (Å²) in [5, 5.41) is 20.6. The van der Waals surface area contributed by atoms with Gasteiger partial charge in [-0.1, -0.05) is 13.8 Å². The molecule has 3 heteroatoms. The Morgan fingerprint density at radius 3 is 2.32 bits per heavy atom. The molecule has 4 aliphatic rings. The molecule has 0 amide bonds. The van der Waals surface area contributed by atoms with Gasteiger partial charge in [0.2, 0.25) is 0 Å². The maximum absolute atomic E-state index is 16.5. The molecule has 0 radical (unpaired) electrons. The Hall–Kier alpha value is -0.150. The third kappa shape index (κ3) is 1.73. The molecule has 2 N–H and O–H groups in total. The first-order chi connectivity index (χ1) is 10.3. The monoisotopic (exact) mass is 310 g/mol. The Balaban J connectivity index is 1.71. The molecule has 0 spiro atoms. The highest BCUT2D eigenvalue weighted by Gasteiger charge is 2.68. The zero-order valence-electron chi connectivity index (χ0n) is 14.0. The Morgan fingerprint density at radius 2 is 1.55 bits per heavy atom. The van der Waals surface area contributed by atoms with Gasteiger partial charge in [0, 0.05) is 5.41 Å². The predicted molar refractivity (Wildman–Crippen MR) is 84.1 cm³/mol. The van der Waals surface area contributed by atoms with Crippen LogP contribution in [0, 0.1) is 28.6 Å². The van der Waals surface area contributed by atoms with Crippen LogP contribution in [0.15, 0.2) is 0 Å². The van der Waals surface area contributed by atoms with Crippen molar-refractivity contribution in [3.05, 3.63) is 0 Å². The van der Waals surface area contributed by atoms with Crippen molar-refractivity contribution in [3.8, 4) is 0 Å². The molecule has 4 rings (SSSR count). The highest BCUT2D eigenvalue weighted by Crippen LogP contribution is 2.69. The van der Waals surface area contributed by atoms with Crippen molar-refractivity contribution in [2.75, 3.05) is 0 Å². The van der Waals surface area contributed by atoms with Crippen molar-refractivity contribution in [3.63, 3.8) is 0 Å². The smallest absolute Gasteiger partial charge is 0.119 e. The molecular formula is C19H31FO2. The lowest BCUT2D eigenvalue weighted by molar-refractivity contribution is -0.208. The van der Waals surface area contributed by atoms with E-state index in [2.05, 4.69) is 13.8 Å².